The molecule has 20 heavy (non-hydrogen) atoms. The number of aryl methyl sites for hydroxylation is 2. The molecule has 0 unspecified atom stereocenters. The number of carbonyl (C=O) groups excluding carboxylic acids is 1. The van der Waals surface area contributed by atoms with Gasteiger partial charge in [0.15, 0.2) is 5.78 Å². The van der Waals surface area contributed by atoms with E-state index in [-0.39, 0.29) is 12.2 Å². The molecule has 1 aromatic heterocycles. The Hall–Kier alpha value is -1.26. The van der Waals surface area contributed by atoms with Crippen molar-refractivity contribution in [1.29, 1.82) is 0 Å². The van der Waals surface area contributed by atoms with E-state index in [1.54, 1.807) is 12.1 Å². The third kappa shape index (κ3) is 3.44. The molecule has 0 N–H and O–H groups in total. The summed E-state index contributed by atoms with van der Waals surface area (Å²) in [5.74, 6) is 0.0177. The molecule has 2 aromatic rings. The molecule has 0 saturated heterocycles. The van der Waals surface area contributed by atoms with E-state index in [4.69, 9.17) is 11.6 Å². The summed E-state index contributed by atoms with van der Waals surface area (Å²) in [6.45, 7) is 3.79. The average Bonchev–Trinajstić information content (AvgIpc) is 2.41. The van der Waals surface area contributed by atoms with Crippen LogP contribution < -0.4 is 0 Å². The fourth-order valence-electron chi connectivity index (χ4n) is 1.95. The van der Waals surface area contributed by atoms with E-state index >= 15 is 0 Å². The van der Waals surface area contributed by atoms with Crippen molar-refractivity contribution < 1.29 is 4.79 Å². The van der Waals surface area contributed by atoms with E-state index in [1.165, 1.54) is 0 Å². The number of hydrogen-bond donors (Lipinski definition) is 0. The fourth-order valence-corrected chi connectivity index (χ4v) is 2.69. The lowest BCUT2D eigenvalue weighted by molar-refractivity contribution is 0.0991. The van der Waals surface area contributed by atoms with Crippen LogP contribution in [0.4, 0.5) is 0 Å². The van der Waals surface area contributed by atoms with Gasteiger partial charge in [-0.1, -0.05) is 40.5 Å². The highest BCUT2D eigenvalue weighted by molar-refractivity contribution is 9.10. The molecule has 3 nitrogen and oxygen atoms in total. The smallest absolute Gasteiger partial charge is 0.169 e. The highest BCUT2D eigenvalue weighted by Gasteiger charge is 2.15. The molecule has 0 spiro atoms. The second kappa shape index (κ2) is 6.46. The molecule has 1 heterocycles. The van der Waals surface area contributed by atoms with Crippen molar-refractivity contribution in [2.75, 3.05) is 0 Å². The lowest BCUT2D eigenvalue weighted by atomic mass is 10.0. The van der Waals surface area contributed by atoms with Crippen LogP contribution in [0.3, 0.4) is 0 Å². The van der Waals surface area contributed by atoms with Crippen LogP contribution in [0.25, 0.3) is 0 Å². The summed E-state index contributed by atoms with van der Waals surface area (Å²) >= 11 is 9.51. The van der Waals surface area contributed by atoms with Gasteiger partial charge in [-0.25, -0.2) is 0 Å². The van der Waals surface area contributed by atoms with Gasteiger partial charge in [-0.15, -0.1) is 0 Å². The number of carbonyl (C=O) groups is 1. The predicted octanol–water partition coefficient (Wildman–Crippen LogP) is 4.19. The number of halogens is 2. The second-order valence-electron chi connectivity index (χ2n) is 4.54. The Morgan fingerprint density at radius 3 is 2.70 bits per heavy atom. The summed E-state index contributed by atoms with van der Waals surface area (Å²) in [4.78, 5) is 12.4. The largest absolute Gasteiger partial charge is 0.294 e. The van der Waals surface area contributed by atoms with Crippen LogP contribution in [-0.2, 0) is 12.8 Å². The lowest BCUT2D eigenvalue weighted by Gasteiger charge is -2.08. The number of nitrogens with zero attached hydrogens (tertiary/aromatic N) is 2. The van der Waals surface area contributed by atoms with Crippen LogP contribution in [0, 0.1) is 6.92 Å². The first-order valence-electron chi connectivity index (χ1n) is 6.31. The van der Waals surface area contributed by atoms with Gasteiger partial charge in [0.05, 0.1) is 11.4 Å². The molecule has 0 amide bonds. The van der Waals surface area contributed by atoms with Gasteiger partial charge in [-0.05, 0) is 37.1 Å². The molecule has 1 aromatic carbocycles. The first kappa shape index (κ1) is 15.1. The molecule has 5 heteroatoms. The Kier molecular flexibility index (Phi) is 4.89. The van der Waals surface area contributed by atoms with Crippen molar-refractivity contribution in [2.24, 2.45) is 0 Å². The average molecular weight is 354 g/mol. The van der Waals surface area contributed by atoms with Gasteiger partial charge in [0.1, 0.15) is 0 Å². The number of ketones is 1. The van der Waals surface area contributed by atoms with Crippen LogP contribution >= 0.6 is 27.5 Å². The molecular weight excluding hydrogens is 340 g/mol. The van der Waals surface area contributed by atoms with Gasteiger partial charge < -0.3 is 0 Å². The Bertz CT molecular complexity index is 658. The molecular formula is C15H14BrClN2O. The molecule has 0 saturated carbocycles. The molecule has 0 aliphatic rings. The van der Waals surface area contributed by atoms with Gasteiger partial charge in [-0.3, -0.25) is 4.79 Å². The first-order valence-corrected chi connectivity index (χ1v) is 7.48. The summed E-state index contributed by atoms with van der Waals surface area (Å²) in [5.41, 5.74) is 2.93. The van der Waals surface area contributed by atoms with Gasteiger partial charge in [-0.2, -0.15) is 10.2 Å². The fraction of sp³-hybridized carbons (Fsp3) is 0.267. The topological polar surface area (TPSA) is 42.9 Å². The van der Waals surface area contributed by atoms with Crippen molar-refractivity contribution in [1.82, 2.24) is 10.2 Å². The Morgan fingerprint density at radius 1 is 1.30 bits per heavy atom. The third-order valence-corrected chi connectivity index (χ3v) is 3.84. The number of aromatic nitrogens is 2. The number of benzene rings is 1. The maximum absolute atomic E-state index is 12.4. The number of Topliss-reactive ketones (excluding diaryl/α,β-unsaturated/α-hetero) is 1. The van der Waals surface area contributed by atoms with Crippen LogP contribution in [-0.4, -0.2) is 16.0 Å². The zero-order valence-electron chi connectivity index (χ0n) is 11.3. The predicted molar refractivity (Wildman–Crippen MR) is 83.3 cm³/mol. The minimum atomic E-state index is 0.0177. The Labute approximate surface area is 131 Å². The molecule has 0 aliphatic carbocycles. The molecule has 0 atom stereocenters. The standard InChI is InChI=1S/C15H14BrClN2O/c1-3-14-12(6-9(2)18-19-14)15(20)7-10-4-5-11(16)8-13(10)17/h4-6,8H,3,7H2,1-2H3. The lowest BCUT2D eigenvalue weighted by Crippen LogP contribution is -2.10. The van der Waals surface area contributed by atoms with Crippen molar-refractivity contribution in [3.8, 4) is 0 Å². The minimum Gasteiger partial charge on any atom is -0.294 e. The number of rotatable bonds is 4. The van der Waals surface area contributed by atoms with Crippen molar-refractivity contribution >= 4 is 33.3 Å². The van der Waals surface area contributed by atoms with Gasteiger partial charge >= 0.3 is 0 Å². The Balaban J connectivity index is 2.30. The summed E-state index contributed by atoms with van der Waals surface area (Å²) in [5, 5.41) is 8.67. The van der Waals surface area contributed by atoms with Crippen molar-refractivity contribution in [3.63, 3.8) is 0 Å². The Morgan fingerprint density at radius 2 is 2.05 bits per heavy atom. The zero-order valence-corrected chi connectivity index (χ0v) is 13.6. The third-order valence-electron chi connectivity index (χ3n) is 2.99. The van der Waals surface area contributed by atoms with Crippen LogP contribution in [0.15, 0.2) is 28.7 Å². The molecule has 0 aliphatic heterocycles. The van der Waals surface area contributed by atoms with E-state index in [1.807, 2.05) is 26.0 Å². The molecule has 2 rings (SSSR count). The van der Waals surface area contributed by atoms with E-state index in [9.17, 15) is 4.79 Å². The monoisotopic (exact) mass is 352 g/mol. The van der Waals surface area contributed by atoms with E-state index in [0.717, 1.165) is 21.4 Å². The van der Waals surface area contributed by atoms with Crippen LogP contribution in [0.1, 0.15) is 34.2 Å². The van der Waals surface area contributed by atoms with Crippen molar-refractivity contribution in [3.05, 3.63) is 56.3 Å². The minimum absolute atomic E-state index is 0.0177. The SMILES string of the molecule is CCc1nnc(C)cc1C(=O)Cc1ccc(Br)cc1Cl. The summed E-state index contributed by atoms with van der Waals surface area (Å²) in [6.07, 6.45) is 0.951. The highest BCUT2D eigenvalue weighted by atomic mass is 79.9. The second-order valence-corrected chi connectivity index (χ2v) is 5.86. The molecule has 0 bridgehead atoms. The summed E-state index contributed by atoms with van der Waals surface area (Å²) in [7, 11) is 0. The quantitative estimate of drug-likeness (QED) is 0.774. The van der Waals surface area contributed by atoms with Crippen LogP contribution in [0.2, 0.25) is 5.02 Å². The van der Waals surface area contributed by atoms with Gasteiger partial charge in [0.25, 0.3) is 0 Å². The zero-order chi connectivity index (χ0) is 14.7. The molecule has 0 fully saturated rings. The first-order chi connectivity index (χ1) is 9.51. The van der Waals surface area contributed by atoms with E-state index < -0.39 is 0 Å². The number of hydrogen-bond acceptors (Lipinski definition) is 3. The van der Waals surface area contributed by atoms with Gasteiger partial charge in [0.2, 0.25) is 0 Å². The van der Waals surface area contributed by atoms with E-state index in [0.29, 0.717) is 17.0 Å². The van der Waals surface area contributed by atoms with E-state index in [2.05, 4.69) is 26.1 Å². The molecule has 0 radical (unpaired) electrons. The van der Waals surface area contributed by atoms with Gasteiger partial charge in [0, 0.05) is 21.5 Å². The van der Waals surface area contributed by atoms with Crippen molar-refractivity contribution in [2.45, 2.75) is 26.7 Å². The van der Waals surface area contributed by atoms with Crippen LogP contribution in [0.5, 0.6) is 0 Å². The maximum Gasteiger partial charge on any atom is 0.169 e. The molecule has 104 valence electrons. The summed E-state index contributed by atoms with van der Waals surface area (Å²) < 4.78 is 0.898. The highest BCUT2D eigenvalue weighted by Crippen LogP contribution is 2.23. The normalized spacial score (nSPS) is 10.6. The summed E-state index contributed by atoms with van der Waals surface area (Å²) in [6, 6.07) is 7.32. The maximum atomic E-state index is 12.4.